The maximum Gasteiger partial charge on any atom is 0.229 e. The number of hydrogen-bond acceptors (Lipinski definition) is 3. The van der Waals surface area contributed by atoms with Crippen molar-refractivity contribution >= 4 is 19.8 Å². The largest absolute Gasteiger partial charge is 0.309 e. The molecule has 1 aromatic rings. The summed E-state index contributed by atoms with van der Waals surface area (Å²) in [7, 11) is 0.558. The van der Waals surface area contributed by atoms with Gasteiger partial charge in [0.25, 0.3) is 0 Å². The van der Waals surface area contributed by atoms with Gasteiger partial charge in [-0.15, -0.1) is 0 Å². The Bertz CT molecular complexity index is 610. The molecule has 2 N–H and O–H groups in total. The zero-order valence-corrected chi connectivity index (χ0v) is 15.6. The summed E-state index contributed by atoms with van der Waals surface area (Å²) in [6.07, 6.45) is 3.24. The van der Waals surface area contributed by atoms with Crippen molar-refractivity contribution in [3.05, 3.63) is 11.3 Å². The predicted molar refractivity (Wildman–Crippen MR) is 91.6 cm³/mol. The Morgan fingerprint density at radius 1 is 1.32 bits per heavy atom. The van der Waals surface area contributed by atoms with Gasteiger partial charge in [-0.1, -0.05) is 26.1 Å². The van der Waals surface area contributed by atoms with Crippen molar-refractivity contribution in [2.24, 2.45) is 0 Å². The highest BCUT2D eigenvalue weighted by Crippen LogP contribution is 2.56. The third-order valence-electron chi connectivity index (χ3n) is 6.14. The van der Waals surface area contributed by atoms with Crippen LogP contribution in [0.3, 0.4) is 0 Å². The molecule has 0 aromatic carbocycles. The average molecular weight is 321 g/mol. The SMILES string of the molecule is CN1Cc2c(NC(=O)C3([Si](C)(C)C)CCC3)n[nH]c2C1(C)C. The summed E-state index contributed by atoms with van der Waals surface area (Å²) in [6, 6.07) is 0. The number of anilines is 1. The fraction of sp³-hybridized carbons (Fsp3) is 0.750. The van der Waals surface area contributed by atoms with Crippen molar-refractivity contribution in [3.8, 4) is 0 Å². The van der Waals surface area contributed by atoms with Gasteiger partial charge in [0.05, 0.1) is 19.3 Å². The molecule has 1 fully saturated rings. The van der Waals surface area contributed by atoms with Gasteiger partial charge < -0.3 is 5.32 Å². The predicted octanol–water partition coefficient (Wildman–Crippen LogP) is 3.29. The standard InChI is InChI=1S/C16H28N4OSi/c1-15(2)12-11(10-20(15)3)13(19-18-12)17-14(21)16(8-7-9-16)22(4,5)6/h7-10H2,1-6H3,(H2,17,18,19,21). The summed E-state index contributed by atoms with van der Waals surface area (Å²) in [4.78, 5) is 15.2. The molecule has 0 atom stereocenters. The minimum absolute atomic E-state index is 0.0573. The molecule has 6 heteroatoms. The first-order valence-corrected chi connectivity index (χ1v) is 11.7. The van der Waals surface area contributed by atoms with Crippen molar-refractivity contribution in [1.29, 1.82) is 0 Å². The third kappa shape index (κ3) is 2.00. The quantitative estimate of drug-likeness (QED) is 0.840. The number of amides is 1. The Balaban J connectivity index is 1.86. The number of nitrogens with zero attached hydrogens (tertiary/aromatic N) is 2. The van der Waals surface area contributed by atoms with Crippen LogP contribution in [0.5, 0.6) is 0 Å². The minimum atomic E-state index is -1.55. The lowest BCUT2D eigenvalue weighted by molar-refractivity contribution is -0.121. The van der Waals surface area contributed by atoms with E-state index in [1.54, 1.807) is 0 Å². The number of nitrogens with one attached hydrogen (secondary N) is 2. The van der Waals surface area contributed by atoms with Gasteiger partial charge in [0.2, 0.25) is 5.91 Å². The van der Waals surface area contributed by atoms with Crippen LogP contribution in [0.2, 0.25) is 24.7 Å². The lowest BCUT2D eigenvalue weighted by Gasteiger charge is -2.48. The van der Waals surface area contributed by atoms with E-state index in [-0.39, 0.29) is 16.5 Å². The number of hydrogen-bond donors (Lipinski definition) is 2. The van der Waals surface area contributed by atoms with Crippen molar-refractivity contribution < 1.29 is 4.79 Å². The molecule has 2 heterocycles. The molecule has 1 aromatic heterocycles. The number of fused-ring (bicyclic) bond motifs is 1. The topological polar surface area (TPSA) is 61.0 Å². The normalized spacial score (nSPS) is 23.0. The lowest BCUT2D eigenvalue weighted by Crippen LogP contribution is -2.52. The number of carbonyl (C=O) groups excluding carboxylic acids is 1. The molecule has 1 amide bonds. The molecular weight excluding hydrogens is 292 g/mol. The van der Waals surface area contributed by atoms with E-state index in [1.807, 2.05) is 0 Å². The van der Waals surface area contributed by atoms with E-state index in [4.69, 9.17) is 0 Å². The van der Waals surface area contributed by atoms with Crippen molar-refractivity contribution in [3.63, 3.8) is 0 Å². The molecule has 1 saturated carbocycles. The fourth-order valence-electron chi connectivity index (χ4n) is 3.83. The van der Waals surface area contributed by atoms with Gasteiger partial charge in [-0.25, -0.2) is 0 Å². The van der Waals surface area contributed by atoms with Gasteiger partial charge in [-0.05, 0) is 33.7 Å². The van der Waals surface area contributed by atoms with Gasteiger partial charge >= 0.3 is 0 Å². The van der Waals surface area contributed by atoms with E-state index in [0.29, 0.717) is 0 Å². The molecule has 5 nitrogen and oxygen atoms in total. The van der Waals surface area contributed by atoms with Crippen LogP contribution in [0.1, 0.15) is 44.4 Å². The van der Waals surface area contributed by atoms with E-state index in [2.05, 4.69) is 61.0 Å². The van der Waals surface area contributed by atoms with Crippen LogP contribution in [-0.2, 0) is 16.9 Å². The summed E-state index contributed by atoms with van der Waals surface area (Å²) in [5.74, 6) is 0.932. The van der Waals surface area contributed by atoms with Gasteiger partial charge in [-0.3, -0.25) is 14.8 Å². The Morgan fingerprint density at radius 3 is 2.45 bits per heavy atom. The molecule has 1 aliphatic carbocycles. The van der Waals surface area contributed by atoms with Gasteiger partial charge in [0.1, 0.15) is 0 Å². The highest BCUT2D eigenvalue weighted by molar-refractivity contribution is 6.83. The number of H-pyrrole nitrogens is 1. The molecule has 0 radical (unpaired) electrons. The molecule has 2 aliphatic rings. The highest BCUT2D eigenvalue weighted by atomic mass is 28.3. The van der Waals surface area contributed by atoms with E-state index in [0.717, 1.165) is 36.5 Å². The van der Waals surface area contributed by atoms with Crippen molar-refractivity contribution in [2.75, 3.05) is 12.4 Å². The lowest BCUT2D eigenvalue weighted by atomic mass is 9.83. The molecule has 3 rings (SSSR count). The maximum absolute atomic E-state index is 13.0. The van der Waals surface area contributed by atoms with E-state index in [1.165, 1.54) is 6.42 Å². The van der Waals surface area contributed by atoms with Gasteiger partial charge in [0, 0.05) is 17.1 Å². The first-order valence-electron chi connectivity index (χ1n) is 8.20. The average Bonchev–Trinajstić information content (AvgIpc) is 2.77. The van der Waals surface area contributed by atoms with Crippen LogP contribution in [0.15, 0.2) is 0 Å². The third-order valence-corrected chi connectivity index (χ3v) is 9.74. The molecule has 0 spiro atoms. The monoisotopic (exact) mass is 320 g/mol. The second-order valence-corrected chi connectivity index (χ2v) is 13.9. The van der Waals surface area contributed by atoms with Crippen LogP contribution in [0.4, 0.5) is 5.82 Å². The van der Waals surface area contributed by atoms with E-state index >= 15 is 0 Å². The molecule has 0 saturated heterocycles. The summed E-state index contributed by atoms with van der Waals surface area (Å²) in [5, 5.41) is 10.6. The molecule has 1 aliphatic heterocycles. The molecule has 122 valence electrons. The van der Waals surface area contributed by atoms with Crippen LogP contribution >= 0.6 is 0 Å². The highest BCUT2D eigenvalue weighted by Gasteiger charge is 2.54. The maximum atomic E-state index is 13.0. The van der Waals surface area contributed by atoms with E-state index in [9.17, 15) is 4.79 Å². The van der Waals surface area contributed by atoms with Crippen LogP contribution in [-0.4, -0.2) is 36.1 Å². The second-order valence-electron chi connectivity index (χ2n) is 8.48. The number of aromatic amines is 1. The Kier molecular flexibility index (Phi) is 3.35. The van der Waals surface area contributed by atoms with Gasteiger partial charge in [-0.2, -0.15) is 5.10 Å². The summed E-state index contributed by atoms with van der Waals surface area (Å²) < 4.78 is 0. The number of rotatable bonds is 3. The zero-order chi connectivity index (χ0) is 16.3. The van der Waals surface area contributed by atoms with Gasteiger partial charge in [0.15, 0.2) is 5.82 Å². The number of carbonyl (C=O) groups is 1. The van der Waals surface area contributed by atoms with E-state index < -0.39 is 8.07 Å². The zero-order valence-electron chi connectivity index (χ0n) is 14.6. The number of aromatic nitrogens is 2. The minimum Gasteiger partial charge on any atom is -0.309 e. The van der Waals surface area contributed by atoms with Crippen LogP contribution < -0.4 is 5.32 Å². The Morgan fingerprint density at radius 2 is 1.95 bits per heavy atom. The first kappa shape index (κ1) is 15.7. The van der Waals surface area contributed by atoms with Crippen LogP contribution in [0, 0.1) is 0 Å². The summed E-state index contributed by atoms with van der Waals surface area (Å²) in [5.41, 5.74) is 2.21. The Hall–Kier alpha value is -1.14. The molecular formula is C16H28N4OSi. The first-order chi connectivity index (χ1) is 10.1. The fourth-order valence-corrected chi connectivity index (χ4v) is 6.43. The molecule has 0 bridgehead atoms. The second kappa shape index (κ2) is 4.68. The summed E-state index contributed by atoms with van der Waals surface area (Å²) >= 11 is 0. The van der Waals surface area contributed by atoms with Crippen molar-refractivity contribution in [2.45, 2.75) is 69.9 Å². The smallest absolute Gasteiger partial charge is 0.229 e. The molecule has 0 unspecified atom stereocenters. The Labute approximate surface area is 133 Å². The molecule has 22 heavy (non-hydrogen) atoms. The van der Waals surface area contributed by atoms with Crippen LogP contribution in [0.25, 0.3) is 0 Å². The summed E-state index contributed by atoms with van der Waals surface area (Å²) in [6.45, 7) is 12.1. The van der Waals surface area contributed by atoms with Crippen molar-refractivity contribution in [1.82, 2.24) is 15.1 Å².